The lowest BCUT2D eigenvalue weighted by atomic mass is 10.1. The number of piperazine rings is 1. The molecular weight excluding hydrogens is 332 g/mol. The lowest BCUT2D eigenvalue weighted by Crippen LogP contribution is -2.44. The second kappa shape index (κ2) is 9.23. The molecule has 0 amide bonds. The minimum absolute atomic E-state index is 0.509. The molecule has 3 rings (SSSR count). The zero-order valence-corrected chi connectivity index (χ0v) is 15.7. The van der Waals surface area contributed by atoms with E-state index in [1.54, 1.807) is 0 Å². The van der Waals surface area contributed by atoms with E-state index in [1.165, 1.54) is 31.7 Å². The molecule has 3 nitrogen and oxygen atoms in total. The molecule has 0 saturated carbocycles. The van der Waals surface area contributed by atoms with Crippen molar-refractivity contribution < 1.29 is 4.74 Å². The van der Waals surface area contributed by atoms with Crippen LogP contribution in [0.1, 0.15) is 17.5 Å². The second-order valence-electron chi connectivity index (χ2n) is 6.74. The molecule has 0 radical (unpaired) electrons. The molecule has 25 heavy (non-hydrogen) atoms. The van der Waals surface area contributed by atoms with E-state index in [1.807, 2.05) is 30.3 Å². The molecule has 1 saturated heterocycles. The maximum Gasteiger partial charge on any atom is 0.122 e. The average Bonchev–Trinajstić information content (AvgIpc) is 2.64. The van der Waals surface area contributed by atoms with Gasteiger partial charge >= 0.3 is 0 Å². The van der Waals surface area contributed by atoms with Crippen molar-refractivity contribution in [1.29, 1.82) is 0 Å². The number of aryl methyl sites for hydroxylation is 1. The number of hydrogen-bond acceptors (Lipinski definition) is 3. The van der Waals surface area contributed by atoms with Crippen molar-refractivity contribution >= 4 is 11.6 Å². The van der Waals surface area contributed by atoms with Crippen molar-refractivity contribution in [3.05, 3.63) is 64.7 Å². The number of halogens is 1. The van der Waals surface area contributed by atoms with Gasteiger partial charge in [0.2, 0.25) is 0 Å². The van der Waals surface area contributed by atoms with E-state index in [0.29, 0.717) is 6.61 Å². The Morgan fingerprint density at radius 3 is 2.36 bits per heavy atom. The van der Waals surface area contributed by atoms with Gasteiger partial charge in [-0.05, 0) is 44.1 Å². The third-order valence-corrected chi connectivity index (χ3v) is 5.20. The van der Waals surface area contributed by atoms with Gasteiger partial charge < -0.3 is 14.5 Å². The van der Waals surface area contributed by atoms with Gasteiger partial charge in [0.05, 0.1) is 0 Å². The highest BCUT2D eigenvalue weighted by molar-refractivity contribution is 6.31. The number of benzene rings is 2. The molecule has 1 aliphatic rings. The third-order valence-electron chi connectivity index (χ3n) is 4.83. The largest absolute Gasteiger partial charge is 0.489 e. The van der Waals surface area contributed by atoms with Crippen LogP contribution in [0, 0.1) is 0 Å². The van der Waals surface area contributed by atoms with Crippen molar-refractivity contribution in [2.45, 2.75) is 19.4 Å². The lowest BCUT2D eigenvalue weighted by molar-refractivity contribution is 0.153. The SMILES string of the molecule is CN1CCN(CCCc2ccccc2OCc2ccccc2Cl)CC1. The summed E-state index contributed by atoms with van der Waals surface area (Å²) in [7, 11) is 2.20. The summed E-state index contributed by atoms with van der Waals surface area (Å²) in [6.07, 6.45) is 2.21. The van der Waals surface area contributed by atoms with Crippen molar-refractivity contribution in [3.63, 3.8) is 0 Å². The first kappa shape index (κ1) is 18.2. The summed E-state index contributed by atoms with van der Waals surface area (Å²) in [5.41, 5.74) is 2.31. The third kappa shape index (κ3) is 5.46. The number of nitrogens with zero attached hydrogens (tertiary/aromatic N) is 2. The predicted octanol–water partition coefficient (Wildman–Crippen LogP) is 4.10. The summed E-state index contributed by atoms with van der Waals surface area (Å²) in [5, 5.41) is 0.759. The second-order valence-corrected chi connectivity index (χ2v) is 7.14. The summed E-state index contributed by atoms with van der Waals surface area (Å²) >= 11 is 6.22. The summed E-state index contributed by atoms with van der Waals surface area (Å²) in [6.45, 7) is 6.39. The molecule has 1 aliphatic heterocycles. The lowest BCUT2D eigenvalue weighted by Gasteiger charge is -2.32. The normalized spacial score (nSPS) is 16.1. The van der Waals surface area contributed by atoms with Gasteiger partial charge in [-0.1, -0.05) is 48.0 Å². The van der Waals surface area contributed by atoms with E-state index in [-0.39, 0.29) is 0 Å². The van der Waals surface area contributed by atoms with Crippen molar-refractivity contribution in [2.75, 3.05) is 39.8 Å². The fourth-order valence-corrected chi connectivity index (χ4v) is 3.38. The molecule has 0 atom stereocenters. The van der Waals surface area contributed by atoms with Gasteiger partial charge in [-0.3, -0.25) is 0 Å². The average molecular weight is 359 g/mol. The predicted molar refractivity (Wildman–Crippen MR) is 104 cm³/mol. The molecule has 1 heterocycles. The van der Waals surface area contributed by atoms with Gasteiger partial charge in [-0.15, -0.1) is 0 Å². The molecular formula is C21H27ClN2O. The number of para-hydroxylation sites is 1. The van der Waals surface area contributed by atoms with E-state index in [9.17, 15) is 0 Å². The van der Waals surface area contributed by atoms with E-state index >= 15 is 0 Å². The smallest absolute Gasteiger partial charge is 0.122 e. The van der Waals surface area contributed by atoms with E-state index < -0.39 is 0 Å². The first-order valence-corrected chi connectivity index (χ1v) is 9.45. The zero-order chi connectivity index (χ0) is 17.5. The quantitative estimate of drug-likeness (QED) is 0.741. The summed E-state index contributed by atoms with van der Waals surface area (Å²) in [5.74, 6) is 0.973. The Balaban J connectivity index is 1.51. The van der Waals surface area contributed by atoms with Crippen LogP contribution in [0.25, 0.3) is 0 Å². The van der Waals surface area contributed by atoms with Crippen LogP contribution in [0.15, 0.2) is 48.5 Å². The number of hydrogen-bond donors (Lipinski definition) is 0. The fourth-order valence-electron chi connectivity index (χ4n) is 3.19. The number of rotatable bonds is 7. The van der Waals surface area contributed by atoms with Crippen LogP contribution in [-0.2, 0) is 13.0 Å². The van der Waals surface area contributed by atoms with Crippen molar-refractivity contribution in [1.82, 2.24) is 9.80 Å². The van der Waals surface area contributed by atoms with Crippen LogP contribution < -0.4 is 4.74 Å². The van der Waals surface area contributed by atoms with E-state index in [0.717, 1.165) is 35.7 Å². The molecule has 0 aromatic heterocycles. The van der Waals surface area contributed by atoms with Gasteiger partial charge in [-0.2, -0.15) is 0 Å². The minimum atomic E-state index is 0.509. The molecule has 0 unspecified atom stereocenters. The first-order valence-electron chi connectivity index (χ1n) is 9.07. The number of ether oxygens (including phenoxy) is 1. The summed E-state index contributed by atoms with van der Waals surface area (Å²) < 4.78 is 6.06. The Morgan fingerprint density at radius 1 is 0.920 bits per heavy atom. The number of likely N-dealkylation sites (N-methyl/N-ethyl adjacent to an activating group) is 1. The topological polar surface area (TPSA) is 15.7 Å². The van der Waals surface area contributed by atoms with Gasteiger partial charge in [-0.25, -0.2) is 0 Å². The molecule has 134 valence electrons. The van der Waals surface area contributed by atoms with Crippen molar-refractivity contribution in [3.8, 4) is 5.75 Å². The highest BCUT2D eigenvalue weighted by atomic mass is 35.5. The standard InChI is InChI=1S/C21H27ClN2O/c1-23-13-15-24(16-14-23)12-6-9-18-7-3-5-11-21(18)25-17-19-8-2-4-10-20(19)22/h2-5,7-8,10-11H,6,9,12-17H2,1H3. The van der Waals surface area contributed by atoms with Crippen LogP contribution >= 0.6 is 11.6 Å². The molecule has 0 spiro atoms. The minimum Gasteiger partial charge on any atom is -0.489 e. The Hall–Kier alpha value is -1.55. The molecule has 2 aromatic rings. The molecule has 0 N–H and O–H groups in total. The van der Waals surface area contributed by atoms with Gasteiger partial charge in [0, 0.05) is 36.8 Å². The van der Waals surface area contributed by atoms with Gasteiger partial charge in [0.1, 0.15) is 12.4 Å². The maximum atomic E-state index is 6.22. The van der Waals surface area contributed by atoms with Gasteiger partial charge in [0.15, 0.2) is 0 Å². The Kier molecular flexibility index (Phi) is 6.74. The summed E-state index contributed by atoms with van der Waals surface area (Å²) in [6, 6.07) is 16.2. The first-order chi connectivity index (χ1) is 12.2. The molecule has 0 aliphatic carbocycles. The summed E-state index contributed by atoms with van der Waals surface area (Å²) in [4.78, 5) is 4.96. The van der Waals surface area contributed by atoms with Crippen LogP contribution in [0.2, 0.25) is 5.02 Å². The van der Waals surface area contributed by atoms with E-state index in [2.05, 4.69) is 35.0 Å². The Morgan fingerprint density at radius 2 is 1.60 bits per heavy atom. The molecule has 1 fully saturated rings. The molecule has 0 bridgehead atoms. The Bertz CT molecular complexity index is 668. The molecule has 4 heteroatoms. The van der Waals surface area contributed by atoms with Crippen LogP contribution in [0.3, 0.4) is 0 Å². The monoisotopic (exact) mass is 358 g/mol. The van der Waals surface area contributed by atoms with Gasteiger partial charge in [0.25, 0.3) is 0 Å². The highest BCUT2D eigenvalue weighted by Crippen LogP contribution is 2.23. The van der Waals surface area contributed by atoms with Crippen LogP contribution in [0.5, 0.6) is 5.75 Å². The van der Waals surface area contributed by atoms with E-state index in [4.69, 9.17) is 16.3 Å². The van der Waals surface area contributed by atoms with Crippen LogP contribution in [-0.4, -0.2) is 49.6 Å². The maximum absolute atomic E-state index is 6.22. The fraction of sp³-hybridized carbons (Fsp3) is 0.429. The van der Waals surface area contributed by atoms with Crippen LogP contribution in [0.4, 0.5) is 0 Å². The molecule has 2 aromatic carbocycles. The Labute approximate surface area is 156 Å². The zero-order valence-electron chi connectivity index (χ0n) is 15.0. The van der Waals surface area contributed by atoms with Crippen molar-refractivity contribution in [2.24, 2.45) is 0 Å². The highest BCUT2D eigenvalue weighted by Gasteiger charge is 2.13.